The molecule has 1 aromatic rings. The van der Waals surface area contributed by atoms with Crippen LogP contribution in [0, 0.1) is 10.7 Å². The van der Waals surface area contributed by atoms with Crippen molar-refractivity contribution in [1.29, 1.82) is 0 Å². The highest BCUT2D eigenvalue weighted by Crippen LogP contribution is 2.44. The molecule has 1 saturated carbocycles. The monoisotopic (exact) mass is 225 g/mol. The van der Waals surface area contributed by atoms with Crippen molar-refractivity contribution in [2.75, 3.05) is 0 Å². The number of nitrogens with one attached hydrogen (secondary N) is 1. The fraction of sp³-hybridized carbons (Fsp3) is 0.818. The predicted octanol–water partition coefficient (Wildman–Crippen LogP) is 3.04. The van der Waals surface area contributed by atoms with Gasteiger partial charge in [-0.2, -0.15) is 5.10 Å². The molecule has 1 fully saturated rings. The van der Waals surface area contributed by atoms with Gasteiger partial charge in [0, 0.05) is 12.0 Å². The minimum atomic E-state index is 0.134. The predicted molar refractivity (Wildman–Crippen MR) is 63.5 cm³/mol. The fourth-order valence-electron chi connectivity index (χ4n) is 2.29. The van der Waals surface area contributed by atoms with Gasteiger partial charge in [0.05, 0.1) is 0 Å². The van der Waals surface area contributed by atoms with Crippen LogP contribution in [0.15, 0.2) is 0 Å². The number of aromatic nitrogens is 3. The van der Waals surface area contributed by atoms with Crippen LogP contribution in [-0.2, 0) is 12.0 Å². The van der Waals surface area contributed by atoms with Gasteiger partial charge in [0.15, 0.2) is 4.77 Å². The molecule has 0 unspecified atom stereocenters. The number of H-pyrrole nitrogens is 1. The van der Waals surface area contributed by atoms with Crippen LogP contribution in [0.1, 0.15) is 45.9 Å². The molecule has 0 atom stereocenters. The topological polar surface area (TPSA) is 33.6 Å². The average molecular weight is 225 g/mol. The molecular formula is C11H19N3S. The standard InChI is InChI=1S/C11H19N3S/c1-4-5-9-12-13-10(15)14(9)11(2,3)8-6-7-8/h8H,4-7H2,1-3H3,(H,13,15). The number of nitrogens with zero attached hydrogens (tertiary/aromatic N) is 2. The summed E-state index contributed by atoms with van der Waals surface area (Å²) in [6.45, 7) is 6.72. The summed E-state index contributed by atoms with van der Waals surface area (Å²) in [5.74, 6) is 1.89. The van der Waals surface area contributed by atoms with E-state index in [1.54, 1.807) is 0 Å². The molecule has 0 bridgehead atoms. The van der Waals surface area contributed by atoms with E-state index in [9.17, 15) is 0 Å². The van der Waals surface area contributed by atoms with E-state index in [-0.39, 0.29) is 5.54 Å². The zero-order chi connectivity index (χ0) is 11.1. The molecule has 0 spiro atoms. The maximum absolute atomic E-state index is 5.33. The Balaban J connectivity index is 2.40. The van der Waals surface area contributed by atoms with E-state index in [4.69, 9.17) is 12.2 Å². The van der Waals surface area contributed by atoms with Crippen molar-refractivity contribution in [3.8, 4) is 0 Å². The maximum atomic E-state index is 5.33. The largest absolute Gasteiger partial charge is 0.298 e. The Kier molecular flexibility index (Phi) is 2.71. The van der Waals surface area contributed by atoms with Crippen LogP contribution in [0.3, 0.4) is 0 Å². The zero-order valence-electron chi connectivity index (χ0n) is 9.71. The van der Waals surface area contributed by atoms with Gasteiger partial charge in [-0.25, -0.2) is 0 Å². The second-order valence-electron chi connectivity index (χ2n) is 4.96. The zero-order valence-corrected chi connectivity index (χ0v) is 10.5. The minimum Gasteiger partial charge on any atom is -0.298 e. The molecule has 0 aliphatic heterocycles. The SMILES string of the molecule is CCCc1n[nH]c(=S)n1C(C)(C)C1CC1. The summed E-state index contributed by atoms with van der Waals surface area (Å²) < 4.78 is 3.00. The molecule has 0 radical (unpaired) electrons. The van der Waals surface area contributed by atoms with E-state index in [1.165, 1.54) is 12.8 Å². The van der Waals surface area contributed by atoms with E-state index in [1.807, 2.05) is 0 Å². The number of hydrogen-bond acceptors (Lipinski definition) is 2. The first-order valence-corrected chi connectivity index (χ1v) is 6.15. The summed E-state index contributed by atoms with van der Waals surface area (Å²) in [7, 11) is 0. The molecule has 84 valence electrons. The molecule has 15 heavy (non-hydrogen) atoms. The maximum Gasteiger partial charge on any atom is 0.195 e. The number of aromatic amines is 1. The van der Waals surface area contributed by atoms with Gasteiger partial charge >= 0.3 is 0 Å². The summed E-state index contributed by atoms with van der Waals surface area (Å²) in [6, 6.07) is 0. The summed E-state index contributed by atoms with van der Waals surface area (Å²) in [4.78, 5) is 0. The quantitative estimate of drug-likeness (QED) is 0.799. The third-order valence-electron chi connectivity index (χ3n) is 3.37. The number of hydrogen-bond donors (Lipinski definition) is 1. The lowest BCUT2D eigenvalue weighted by Gasteiger charge is -2.27. The van der Waals surface area contributed by atoms with Crippen molar-refractivity contribution < 1.29 is 0 Å². The Morgan fingerprint density at radius 1 is 1.53 bits per heavy atom. The van der Waals surface area contributed by atoms with Crippen molar-refractivity contribution in [3.05, 3.63) is 10.6 Å². The van der Waals surface area contributed by atoms with Gasteiger partial charge in [-0.05, 0) is 51.2 Å². The van der Waals surface area contributed by atoms with Gasteiger partial charge in [0.25, 0.3) is 0 Å². The molecule has 1 aromatic heterocycles. The van der Waals surface area contributed by atoms with Crippen molar-refractivity contribution in [2.24, 2.45) is 5.92 Å². The smallest absolute Gasteiger partial charge is 0.195 e. The minimum absolute atomic E-state index is 0.134. The first kappa shape index (κ1) is 10.9. The van der Waals surface area contributed by atoms with Gasteiger partial charge in [0.1, 0.15) is 5.82 Å². The van der Waals surface area contributed by atoms with Crippen LogP contribution >= 0.6 is 12.2 Å². The molecule has 1 aliphatic rings. The van der Waals surface area contributed by atoms with Crippen molar-refractivity contribution in [3.63, 3.8) is 0 Å². The molecule has 4 heteroatoms. The van der Waals surface area contributed by atoms with Gasteiger partial charge < -0.3 is 0 Å². The van der Waals surface area contributed by atoms with Crippen molar-refractivity contribution in [1.82, 2.24) is 14.8 Å². The first-order valence-electron chi connectivity index (χ1n) is 5.74. The van der Waals surface area contributed by atoms with Crippen molar-refractivity contribution in [2.45, 2.75) is 52.0 Å². The van der Waals surface area contributed by atoms with Gasteiger partial charge in [-0.1, -0.05) is 6.92 Å². The average Bonchev–Trinajstić information content (AvgIpc) is 2.93. The lowest BCUT2D eigenvalue weighted by molar-refractivity contribution is 0.291. The molecule has 0 amide bonds. The first-order chi connectivity index (χ1) is 7.07. The summed E-state index contributed by atoms with van der Waals surface area (Å²) in [5.41, 5.74) is 0.134. The van der Waals surface area contributed by atoms with Crippen LogP contribution < -0.4 is 0 Å². The van der Waals surface area contributed by atoms with Crippen LogP contribution in [0.25, 0.3) is 0 Å². The lowest BCUT2D eigenvalue weighted by Crippen LogP contribution is -2.30. The van der Waals surface area contributed by atoms with Gasteiger partial charge in [-0.15, -0.1) is 0 Å². The Bertz CT molecular complexity index is 398. The van der Waals surface area contributed by atoms with Gasteiger partial charge in [-0.3, -0.25) is 9.67 Å². The van der Waals surface area contributed by atoms with Crippen LogP contribution in [0.5, 0.6) is 0 Å². The second kappa shape index (κ2) is 3.74. The van der Waals surface area contributed by atoms with E-state index in [2.05, 4.69) is 35.5 Å². The molecule has 2 rings (SSSR count). The Morgan fingerprint density at radius 2 is 2.20 bits per heavy atom. The van der Waals surface area contributed by atoms with Crippen LogP contribution in [-0.4, -0.2) is 14.8 Å². The molecular weight excluding hydrogens is 206 g/mol. The summed E-state index contributed by atoms with van der Waals surface area (Å²) in [5, 5.41) is 7.25. The molecule has 3 nitrogen and oxygen atoms in total. The normalized spacial score (nSPS) is 17.0. The van der Waals surface area contributed by atoms with E-state index in [0.29, 0.717) is 0 Å². The second-order valence-corrected chi connectivity index (χ2v) is 5.35. The molecule has 0 aromatic carbocycles. The molecule has 1 N–H and O–H groups in total. The number of rotatable bonds is 4. The summed E-state index contributed by atoms with van der Waals surface area (Å²) in [6.07, 6.45) is 4.76. The summed E-state index contributed by atoms with van der Waals surface area (Å²) >= 11 is 5.33. The van der Waals surface area contributed by atoms with E-state index >= 15 is 0 Å². The Hall–Kier alpha value is -0.640. The Labute approximate surface area is 95.9 Å². The van der Waals surface area contributed by atoms with Crippen LogP contribution in [0.4, 0.5) is 0 Å². The van der Waals surface area contributed by atoms with Gasteiger partial charge in [0.2, 0.25) is 0 Å². The molecule has 1 aliphatic carbocycles. The van der Waals surface area contributed by atoms with Crippen LogP contribution in [0.2, 0.25) is 0 Å². The van der Waals surface area contributed by atoms with Crippen molar-refractivity contribution >= 4 is 12.2 Å². The Morgan fingerprint density at radius 3 is 2.73 bits per heavy atom. The third-order valence-corrected chi connectivity index (χ3v) is 3.64. The highest BCUT2D eigenvalue weighted by atomic mass is 32.1. The molecule has 1 heterocycles. The highest BCUT2D eigenvalue weighted by Gasteiger charge is 2.40. The molecule has 0 saturated heterocycles. The third kappa shape index (κ3) is 1.87. The highest BCUT2D eigenvalue weighted by molar-refractivity contribution is 7.71. The van der Waals surface area contributed by atoms with E-state index < -0.39 is 0 Å². The number of aryl methyl sites for hydroxylation is 1. The fourth-order valence-corrected chi connectivity index (χ4v) is 2.67. The van der Waals surface area contributed by atoms with E-state index in [0.717, 1.165) is 29.4 Å². The lowest BCUT2D eigenvalue weighted by atomic mass is 9.98.